The van der Waals surface area contributed by atoms with Crippen LogP contribution in [0.5, 0.6) is 5.75 Å². The molecule has 1 N–H and O–H groups in total. The number of carbonyl (C=O) groups excluding carboxylic acids is 1. The van der Waals surface area contributed by atoms with Crippen molar-refractivity contribution in [3.05, 3.63) is 94.0 Å². The summed E-state index contributed by atoms with van der Waals surface area (Å²) in [6.07, 6.45) is 0. The average Bonchev–Trinajstić information content (AvgIpc) is 2.64. The van der Waals surface area contributed by atoms with Crippen molar-refractivity contribution in [1.29, 1.82) is 0 Å². The number of para-hydroxylation sites is 1. The second kappa shape index (κ2) is 8.06. The third-order valence-electron chi connectivity index (χ3n) is 3.58. The highest BCUT2D eigenvalue weighted by Gasteiger charge is 2.13. The van der Waals surface area contributed by atoms with Crippen LogP contribution in [0.4, 0.5) is 5.69 Å². The molecule has 1 amide bonds. The van der Waals surface area contributed by atoms with Crippen LogP contribution in [-0.4, -0.2) is 5.91 Å². The summed E-state index contributed by atoms with van der Waals surface area (Å²) in [6.45, 7) is 0.289. The molecule has 3 aromatic rings. The Morgan fingerprint density at radius 2 is 1.64 bits per heavy atom. The summed E-state index contributed by atoms with van der Waals surface area (Å²) >= 11 is 12.1. The Morgan fingerprint density at radius 3 is 2.44 bits per heavy atom. The normalized spacial score (nSPS) is 10.3. The van der Waals surface area contributed by atoms with Crippen molar-refractivity contribution in [2.24, 2.45) is 0 Å². The van der Waals surface area contributed by atoms with E-state index in [2.05, 4.69) is 5.32 Å². The van der Waals surface area contributed by atoms with Crippen LogP contribution in [0.3, 0.4) is 0 Å². The molecule has 0 fully saturated rings. The lowest BCUT2D eigenvalue weighted by Crippen LogP contribution is -2.15. The van der Waals surface area contributed by atoms with Crippen molar-refractivity contribution in [1.82, 2.24) is 0 Å². The highest BCUT2D eigenvalue weighted by atomic mass is 35.5. The van der Waals surface area contributed by atoms with Crippen LogP contribution in [0.15, 0.2) is 72.8 Å². The third-order valence-corrected chi connectivity index (χ3v) is 4.14. The molecule has 0 aromatic heterocycles. The van der Waals surface area contributed by atoms with E-state index in [9.17, 15) is 4.79 Å². The quantitative estimate of drug-likeness (QED) is 0.612. The standard InChI is InChI=1S/C20H15Cl2NO2/c21-15-10-11-18(22)19(12-15)23-20(24)17-9-5-4-6-14(17)13-25-16-7-2-1-3-8-16/h1-12H,13H2,(H,23,24). The Labute approximate surface area is 156 Å². The van der Waals surface area contributed by atoms with Crippen molar-refractivity contribution in [3.8, 4) is 5.75 Å². The number of rotatable bonds is 5. The smallest absolute Gasteiger partial charge is 0.256 e. The molecule has 0 saturated heterocycles. The summed E-state index contributed by atoms with van der Waals surface area (Å²) in [6, 6.07) is 21.7. The molecule has 3 rings (SSSR count). The number of hydrogen-bond acceptors (Lipinski definition) is 2. The van der Waals surface area contributed by atoms with Crippen molar-refractivity contribution in [3.63, 3.8) is 0 Å². The molecule has 0 radical (unpaired) electrons. The lowest BCUT2D eigenvalue weighted by Gasteiger charge is -2.12. The number of halogens is 2. The van der Waals surface area contributed by atoms with Gasteiger partial charge in [0.2, 0.25) is 0 Å². The molecule has 3 aromatic carbocycles. The fraction of sp³-hybridized carbons (Fsp3) is 0.0500. The van der Waals surface area contributed by atoms with Gasteiger partial charge < -0.3 is 10.1 Å². The summed E-state index contributed by atoms with van der Waals surface area (Å²) < 4.78 is 5.75. The molecule has 0 unspecified atom stereocenters. The minimum absolute atomic E-state index is 0.267. The number of ether oxygens (including phenoxy) is 1. The summed E-state index contributed by atoms with van der Waals surface area (Å²) in [7, 11) is 0. The first-order valence-corrected chi connectivity index (χ1v) is 8.41. The Bertz CT molecular complexity index is 882. The van der Waals surface area contributed by atoms with Gasteiger partial charge in [0.25, 0.3) is 5.91 Å². The van der Waals surface area contributed by atoms with E-state index in [0.29, 0.717) is 21.3 Å². The van der Waals surface area contributed by atoms with E-state index < -0.39 is 0 Å². The molecule has 126 valence electrons. The Morgan fingerprint density at radius 1 is 0.920 bits per heavy atom. The van der Waals surface area contributed by atoms with Crippen LogP contribution >= 0.6 is 23.2 Å². The predicted molar refractivity (Wildman–Crippen MR) is 102 cm³/mol. The van der Waals surface area contributed by atoms with Crippen LogP contribution < -0.4 is 10.1 Å². The van der Waals surface area contributed by atoms with E-state index in [1.807, 2.05) is 42.5 Å². The van der Waals surface area contributed by atoms with Crippen LogP contribution in [0.1, 0.15) is 15.9 Å². The van der Waals surface area contributed by atoms with Gasteiger partial charge in [-0.15, -0.1) is 0 Å². The van der Waals surface area contributed by atoms with Gasteiger partial charge in [0, 0.05) is 16.1 Å². The van der Waals surface area contributed by atoms with E-state index in [0.717, 1.165) is 11.3 Å². The molecular weight excluding hydrogens is 357 g/mol. The minimum atomic E-state index is -0.267. The van der Waals surface area contributed by atoms with Crippen molar-refractivity contribution >= 4 is 34.8 Å². The molecular formula is C20H15Cl2NO2. The molecule has 0 bridgehead atoms. The van der Waals surface area contributed by atoms with E-state index in [-0.39, 0.29) is 12.5 Å². The number of anilines is 1. The topological polar surface area (TPSA) is 38.3 Å². The van der Waals surface area contributed by atoms with E-state index >= 15 is 0 Å². The van der Waals surface area contributed by atoms with Crippen LogP contribution in [-0.2, 0) is 6.61 Å². The Balaban J connectivity index is 1.77. The van der Waals surface area contributed by atoms with Gasteiger partial charge in [-0.1, -0.05) is 59.6 Å². The lowest BCUT2D eigenvalue weighted by atomic mass is 10.1. The summed E-state index contributed by atoms with van der Waals surface area (Å²) in [5.74, 6) is 0.479. The van der Waals surface area contributed by atoms with Crippen LogP contribution in [0, 0.1) is 0 Å². The molecule has 0 aliphatic carbocycles. The van der Waals surface area contributed by atoms with Gasteiger partial charge >= 0.3 is 0 Å². The summed E-state index contributed by atoms with van der Waals surface area (Å²) in [5, 5.41) is 3.72. The molecule has 0 aliphatic heterocycles. The van der Waals surface area contributed by atoms with Crippen LogP contribution in [0.2, 0.25) is 10.0 Å². The number of amides is 1. The highest BCUT2D eigenvalue weighted by Crippen LogP contribution is 2.26. The molecule has 5 heteroatoms. The summed E-state index contributed by atoms with van der Waals surface area (Å²) in [4.78, 5) is 12.6. The van der Waals surface area contributed by atoms with Gasteiger partial charge in [-0.2, -0.15) is 0 Å². The SMILES string of the molecule is O=C(Nc1cc(Cl)ccc1Cl)c1ccccc1COc1ccccc1. The van der Waals surface area contributed by atoms with Gasteiger partial charge in [0.15, 0.2) is 0 Å². The maximum Gasteiger partial charge on any atom is 0.256 e. The zero-order chi connectivity index (χ0) is 17.6. The first kappa shape index (κ1) is 17.3. The van der Waals surface area contributed by atoms with E-state index in [1.54, 1.807) is 30.3 Å². The minimum Gasteiger partial charge on any atom is -0.489 e. The van der Waals surface area contributed by atoms with Gasteiger partial charge in [-0.3, -0.25) is 4.79 Å². The molecule has 0 heterocycles. The number of hydrogen-bond donors (Lipinski definition) is 1. The average molecular weight is 372 g/mol. The number of carbonyl (C=O) groups is 1. The van der Waals surface area contributed by atoms with Crippen molar-refractivity contribution in [2.75, 3.05) is 5.32 Å². The second-order valence-corrected chi connectivity index (χ2v) is 6.18. The summed E-state index contributed by atoms with van der Waals surface area (Å²) in [5.41, 5.74) is 1.77. The zero-order valence-corrected chi connectivity index (χ0v) is 14.7. The molecule has 3 nitrogen and oxygen atoms in total. The van der Waals surface area contributed by atoms with Gasteiger partial charge in [0.05, 0.1) is 10.7 Å². The second-order valence-electron chi connectivity index (χ2n) is 5.34. The van der Waals surface area contributed by atoms with Crippen molar-refractivity contribution in [2.45, 2.75) is 6.61 Å². The highest BCUT2D eigenvalue weighted by molar-refractivity contribution is 6.35. The molecule has 0 saturated carbocycles. The first-order chi connectivity index (χ1) is 12.1. The van der Waals surface area contributed by atoms with Gasteiger partial charge in [0.1, 0.15) is 12.4 Å². The predicted octanol–water partition coefficient (Wildman–Crippen LogP) is 5.82. The van der Waals surface area contributed by atoms with Crippen LogP contribution in [0.25, 0.3) is 0 Å². The maximum absolute atomic E-state index is 12.6. The van der Waals surface area contributed by atoms with Crippen molar-refractivity contribution < 1.29 is 9.53 Å². The lowest BCUT2D eigenvalue weighted by molar-refractivity contribution is 0.102. The number of benzene rings is 3. The monoisotopic (exact) mass is 371 g/mol. The third kappa shape index (κ3) is 4.53. The Hall–Kier alpha value is -2.49. The molecule has 0 atom stereocenters. The van der Waals surface area contributed by atoms with E-state index in [4.69, 9.17) is 27.9 Å². The maximum atomic E-state index is 12.6. The van der Waals surface area contributed by atoms with Gasteiger partial charge in [-0.05, 0) is 36.4 Å². The molecule has 0 aliphatic rings. The van der Waals surface area contributed by atoms with Gasteiger partial charge in [-0.25, -0.2) is 0 Å². The fourth-order valence-electron chi connectivity index (χ4n) is 2.33. The number of nitrogens with one attached hydrogen (secondary N) is 1. The fourth-order valence-corrected chi connectivity index (χ4v) is 2.67. The molecule has 0 spiro atoms. The molecule has 25 heavy (non-hydrogen) atoms. The Kier molecular flexibility index (Phi) is 5.59. The van der Waals surface area contributed by atoms with E-state index in [1.165, 1.54) is 0 Å². The first-order valence-electron chi connectivity index (χ1n) is 7.65. The zero-order valence-electron chi connectivity index (χ0n) is 13.2. The largest absolute Gasteiger partial charge is 0.489 e.